The van der Waals surface area contributed by atoms with Gasteiger partial charge in [0.05, 0.1) is 22.5 Å². The second kappa shape index (κ2) is 5.92. The summed E-state index contributed by atoms with van der Waals surface area (Å²) in [5.41, 5.74) is 1.57. The van der Waals surface area contributed by atoms with Gasteiger partial charge >= 0.3 is 0 Å². The van der Waals surface area contributed by atoms with E-state index < -0.39 is 0 Å². The van der Waals surface area contributed by atoms with Crippen molar-refractivity contribution in [2.75, 3.05) is 13.2 Å². The molecule has 2 rings (SSSR count). The fourth-order valence-corrected chi connectivity index (χ4v) is 2.42. The SMILES string of the molecule is Cc1nn(C(C)C(=O)NCC2CCCO2)c(C)c1Cl. The van der Waals surface area contributed by atoms with Gasteiger partial charge in [0, 0.05) is 13.2 Å². The van der Waals surface area contributed by atoms with Gasteiger partial charge in [-0.15, -0.1) is 0 Å². The summed E-state index contributed by atoms with van der Waals surface area (Å²) in [4.78, 5) is 12.1. The van der Waals surface area contributed by atoms with Crippen LogP contribution in [0.15, 0.2) is 0 Å². The van der Waals surface area contributed by atoms with Crippen molar-refractivity contribution < 1.29 is 9.53 Å². The lowest BCUT2D eigenvalue weighted by Gasteiger charge is -2.16. The van der Waals surface area contributed by atoms with E-state index in [-0.39, 0.29) is 18.1 Å². The summed E-state index contributed by atoms with van der Waals surface area (Å²) in [6.07, 6.45) is 2.24. The second-order valence-electron chi connectivity index (χ2n) is 4.99. The van der Waals surface area contributed by atoms with E-state index in [2.05, 4.69) is 10.4 Å². The highest BCUT2D eigenvalue weighted by atomic mass is 35.5. The molecule has 106 valence electrons. The van der Waals surface area contributed by atoms with Gasteiger partial charge < -0.3 is 10.1 Å². The summed E-state index contributed by atoms with van der Waals surface area (Å²) in [5, 5.41) is 7.84. The third-order valence-corrected chi connectivity index (χ3v) is 4.06. The van der Waals surface area contributed by atoms with Gasteiger partial charge in [0.1, 0.15) is 6.04 Å². The Morgan fingerprint density at radius 1 is 1.63 bits per heavy atom. The molecule has 1 aromatic rings. The number of hydrogen-bond donors (Lipinski definition) is 1. The first-order valence-electron chi connectivity index (χ1n) is 6.61. The molecular weight excluding hydrogens is 266 g/mol. The second-order valence-corrected chi connectivity index (χ2v) is 5.36. The molecule has 5 nitrogen and oxygen atoms in total. The van der Waals surface area contributed by atoms with Crippen LogP contribution in [0.5, 0.6) is 0 Å². The third-order valence-electron chi connectivity index (χ3n) is 3.51. The third kappa shape index (κ3) is 3.09. The molecule has 6 heteroatoms. The molecule has 1 aliphatic heterocycles. The quantitative estimate of drug-likeness (QED) is 0.921. The molecule has 1 fully saturated rings. The van der Waals surface area contributed by atoms with E-state index in [9.17, 15) is 4.79 Å². The molecule has 1 aliphatic rings. The van der Waals surface area contributed by atoms with Gasteiger partial charge in [-0.3, -0.25) is 9.48 Å². The number of amides is 1. The van der Waals surface area contributed by atoms with Gasteiger partial charge in [0.2, 0.25) is 5.91 Å². The Morgan fingerprint density at radius 2 is 2.37 bits per heavy atom. The molecule has 0 radical (unpaired) electrons. The zero-order valence-corrected chi connectivity index (χ0v) is 12.3. The predicted octanol–water partition coefficient (Wildman–Crippen LogP) is 2.01. The first-order valence-corrected chi connectivity index (χ1v) is 6.99. The Hall–Kier alpha value is -1.07. The normalized spacial score (nSPS) is 20.5. The molecule has 0 spiro atoms. The number of nitrogens with one attached hydrogen (secondary N) is 1. The van der Waals surface area contributed by atoms with Crippen LogP contribution in [0, 0.1) is 13.8 Å². The van der Waals surface area contributed by atoms with Crippen LogP contribution in [0.2, 0.25) is 5.02 Å². The number of carbonyl (C=O) groups is 1. The molecule has 1 N–H and O–H groups in total. The lowest BCUT2D eigenvalue weighted by Crippen LogP contribution is -2.36. The van der Waals surface area contributed by atoms with E-state index in [1.54, 1.807) is 4.68 Å². The average molecular weight is 286 g/mol. The lowest BCUT2D eigenvalue weighted by atomic mass is 10.2. The van der Waals surface area contributed by atoms with Crippen molar-refractivity contribution in [3.05, 3.63) is 16.4 Å². The maximum Gasteiger partial charge on any atom is 0.244 e. The van der Waals surface area contributed by atoms with Crippen molar-refractivity contribution in [2.24, 2.45) is 0 Å². The van der Waals surface area contributed by atoms with Crippen LogP contribution < -0.4 is 5.32 Å². The van der Waals surface area contributed by atoms with Crippen molar-refractivity contribution >= 4 is 17.5 Å². The minimum absolute atomic E-state index is 0.0576. The van der Waals surface area contributed by atoms with Crippen LogP contribution in [-0.2, 0) is 9.53 Å². The number of nitrogens with zero attached hydrogens (tertiary/aromatic N) is 2. The molecule has 2 heterocycles. The zero-order valence-electron chi connectivity index (χ0n) is 11.6. The fourth-order valence-electron chi connectivity index (χ4n) is 2.30. The standard InChI is InChI=1S/C13H20ClN3O2/c1-8-12(14)9(2)17(16-8)10(3)13(18)15-7-11-5-4-6-19-11/h10-11H,4-7H2,1-3H3,(H,15,18). The van der Waals surface area contributed by atoms with Crippen LogP contribution in [0.4, 0.5) is 0 Å². The molecule has 1 saturated heterocycles. The van der Waals surface area contributed by atoms with Crippen LogP contribution in [0.1, 0.15) is 37.2 Å². The van der Waals surface area contributed by atoms with E-state index >= 15 is 0 Å². The van der Waals surface area contributed by atoms with Crippen molar-refractivity contribution in [3.8, 4) is 0 Å². The van der Waals surface area contributed by atoms with Gasteiger partial charge in [0.15, 0.2) is 0 Å². The molecule has 0 bridgehead atoms. The maximum absolute atomic E-state index is 12.1. The van der Waals surface area contributed by atoms with Crippen LogP contribution in [0.3, 0.4) is 0 Å². The van der Waals surface area contributed by atoms with Crippen molar-refractivity contribution in [1.82, 2.24) is 15.1 Å². The smallest absolute Gasteiger partial charge is 0.244 e. The van der Waals surface area contributed by atoms with Crippen LogP contribution in [-0.4, -0.2) is 34.9 Å². The first kappa shape index (κ1) is 14.3. The number of carbonyl (C=O) groups excluding carboxylic acids is 1. The Labute approximate surface area is 118 Å². The maximum atomic E-state index is 12.1. The number of rotatable bonds is 4. The van der Waals surface area contributed by atoms with Gasteiger partial charge in [-0.25, -0.2) is 0 Å². The molecule has 2 unspecified atom stereocenters. The van der Waals surface area contributed by atoms with E-state index in [0.29, 0.717) is 11.6 Å². The van der Waals surface area contributed by atoms with Gasteiger partial charge in [0.25, 0.3) is 0 Å². The van der Waals surface area contributed by atoms with Crippen LogP contribution >= 0.6 is 11.6 Å². The van der Waals surface area contributed by atoms with E-state index in [1.807, 2.05) is 20.8 Å². The number of aryl methyl sites for hydroxylation is 1. The van der Waals surface area contributed by atoms with Crippen molar-refractivity contribution in [2.45, 2.75) is 45.8 Å². The highest BCUT2D eigenvalue weighted by Gasteiger charge is 2.22. The summed E-state index contributed by atoms with van der Waals surface area (Å²) in [6, 6.07) is -0.368. The van der Waals surface area contributed by atoms with E-state index in [0.717, 1.165) is 30.8 Å². The van der Waals surface area contributed by atoms with E-state index in [4.69, 9.17) is 16.3 Å². The number of halogens is 1. The Bertz CT molecular complexity index is 467. The monoisotopic (exact) mass is 285 g/mol. The summed E-state index contributed by atoms with van der Waals surface area (Å²) >= 11 is 6.09. The molecular formula is C13H20ClN3O2. The molecule has 19 heavy (non-hydrogen) atoms. The number of hydrogen-bond acceptors (Lipinski definition) is 3. The summed E-state index contributed by atoms with van der Waals surface area (Å²) in [6.45, 7) is 6.88. The number of ether oxygens (including phenoxy) is 1. The summed E-state index contributed by atoms with van der Waals surface area (Å²) < 4.78 is 7.15. The molecule has 1 amide bonds. The van der Waals surface area contributed by atoms with E-state index in [1.165, 1.54) is 0 Å². The zero-order chi connectivity index (χ0) is 14.0. The minimum atomic E-state index is -0.368. The Morgan fingerprint density at radius 3 is 2.89 bits per heavy atom. The predicted molar refractivity (Wildman–Crippen MR) is 73.4 cm³/mol. The molecule has 2 atom stereocenters. The molecule has 0 saturated carbocycles. The molecule has 0 aliphatic carbocycles. The van der Waals surface area contributed by atoms with Gasteiger partial charge in [-0.05, 0) is 33.6 Å². The Kier molecular flexibility index (Phi) is 4.47. The number of aromatic nitrogens is 2. The van der Waals surface area contributed by atoms with Crippen LogP contribution in [0.25, 0.3) is 0 Å². The van der Waals surface area contributed by atoms with Crippen molar-refractivity contribution in [3.63, 3.8) is 0 Å². The molecule has 0 aromatic carbocycles. The average Bonchev–Trinajstić information content (AvgIpc) is 2.99. The highest BCUT2D eigenvalue weighted by molar-refractivity contribution is 6.31. The van der Waals surface area contributed by atoms with Gasteiger partial charge in [-0.1, -0.05) is 11.6 Å². The summed E-state index contributed by atoms with van der Waals surface area (Å²) in [7, 11) is 0. The highest BCUT2D eigenvalue weighted by Crippen LogP contribution is 2.22. The van der Waals surface area contributed by atoms with Crippen molar-refractivity contribution in [1.29, 1.82) is 0 Å². The minimum Gasteiger partial charge on any atom is -0.376 e. The Balaban J connectivity index is 1.96. The fraction of sp³-hybridized carbons (Fsp3) is 0.692. The summed E-state index contributed by atoms with van der Waals surface area (Å²) in [5.74, 6) is -0.0576. The van der Waals surface area contributed by atoms with Gasteiger partial charge in [-0.2, -0.15) is 5.10 Å². The molecule has 1 aromatic heterocycles. The lowest BCUT2D eigenvalue weighted by molar-refractivity contribution is -0.124. The largest absolute Gasteiger partial charge is 0.376 e. The first-order chi connectivity index (χ1) is 9.00. The topological polar surface area (TPSA) is 56.2 Å².